The van der Waals surface area contributed by atoms with E-state index in [2.05, 4.69) is 146 Å². The molecule has 234 valence electrons. The summed E-state index contributed by atoms with van der Waals surface area (Å²) in [4.78, 5) is 15.4. The Labute approximate surface area is 291 Å². The molecule has 9 aromatic rings. The molecule has 0 aliphatic rings. The Kier molecular flexibility index (Phi) is 7.49. The third-order valence-electron chi connectivity index (χ3n) is 9.28. The largest absolute Gasteiger partial charge is 0.248 e. The van der Waals surface area contributed by atoms with E-state index in [1.807, 2.05) is 42.5 Å². The summed E-state index contributed by atoms with van der Waals surface area (Å²) in [7, 11) is 0. The summed E-state index contributed by atoms with van der Waals surface area (Å²) in [5, 5.41) is 3.50. The zero-order valence-corrected chi connectivity index (χ0v) is 27.2. The summed E-state index contributed by atoms with van der Waals surface area (Å²) in [6.45, 7) is 0. The monoisotopic (exact) mass is 637 g/mol. The van der Waals surface area contributed by atoms with Gasteiger partial charge in [0.25, 0.3) is 0 Å². The van der Waals surface area contributed by atoms with Crippen LogP contribution < -0.4 is 0 Å². The molecule has 50 heavy (non-hydrogen) atoms. The number of rotatable bonds is 6. The van der Waals surface area contributed by atoms with Gasteiger partial charge in [0.1, 0.15) is 0 Å². The Morgan fingerprint density at radius 2 is 0.780 bits per heavy atom. The minimum absolute atomic E-state index is 0.696. The van der Waals surface area contributed by atoms with Crippen LogP contribution in [-0.2, 0) is 0 Å². The summed E-state index contributed by atoms with van der Waals surface area (Å²) in [5.41, 5.74) is 12.5. The number of nitrogens with zero attached hydrogens (tertiary/aromatic N) is 3. The second-order valence-electron chi connectivity index (χ2n) is 12.4. The lowest BCUT2D eigenvalue weighted by atomic mass is 9.91. The number of hydrogen-bond acceptors (Lipinski definition) is 3. The van der Waals surface area contributed by atoms with Gasteiger partial charge in [0, 0.05) is 27.6 Å². The average Bonchev–Trinajstić information content (AvgIpc) is 3.21. The SMILES string of the molecule is c1ccc(-c2cc(-c3ccccc3)nc(-c3cccc(-c4cccc5c4ccc4nc(-c6ccccc6)cc(-c6ccccc6)c45)c3)n2)cc1. The summed E-state index contributed by atoms with van der Waals surface area (Å²) < 4.78 is 0. The minimum Gasteiger partial charge on any atom is -0.248 e. The van der Waals surface area contributed by atoms with Crippen LogP contribution in [0, 0.1) is 0 Å². The number of aromatic nitrogens is 3. The highest BCUT2D eigenvalue weighted by Crippen LogP contribution is 2.40. The standard InChI is InChI=1S/C47H31N3/c1-5-15-32(16-6-1)41-30-43(33-17-7-2-8-18-33)48-42-28-27-39-38(25-14-26-40(39)46(41)42)36-23-13-24-37(29-36)47-49-44(34-19-9-3-10-20-34)31-45(50-47)35-21-11-4-12-22-35/h1-31H. The molecule has 0 spiro atoms. The molecular formula is C47H31N3. The van der Waals surface area contributed by atoms with Crippen molar-refractivity contribution < 1.29 is 0 Å². The lowest BCUT2D eigenvalue weighted by Gasteiger charge is -2.15. The minimum atomic E-state index is 0.696. The third kappa shape index (κ3) is 5.51. The van der Waals surface area contributed by atoms with Crippen molar-refractivity contribution in [1.29, 1.82) is 0 Å². The fourth-order valence-electron chi connectivity index (χ4n) is 6.86. The van der Waals surface area contributed by atoms with Crippen LogP contribution in [0.25, 0.3) is 89.1 Å². The van der Waals surface area contributed by atoms with Crippen LogP contribution in [-0.4, -0.2) is 15.0 Å². The molecule has 2 aromatic heterocycles. The predicted molar refractivity (Wildman–Crippen MR) is 207 cm³/mol. The van der Waals surface area contributed by atoms with Gasteiger partial charge < -0.3 is 0 Å². The number of hydrogen-bond donors (Lipinski definition) is 0. The quantitative estimate of drug-likeness (QED) is 0.170. The van der Waals surface area contributed by atoms with Crippen LogP contribution in [0.15, 0.2) is 188 Å². The highest BCUT2D eigenvalue weighted by atomic mass is 14.9. The molecule has 0 saturated carbocycles. The van der Waals surface area contributed by atoms with Crippen molar-refractivity contribution in [1.82, 2.24) is 15.0 Å². The third-order valence-corrected chi connectivity index (χ3v) is 9.28. The van der Waals surface area contributed by atoms with Crippen molar-refractivity contribution in [2.24, 2.45) is 0 Å². The van der Waals surface area contributed by atoms with Crippen molar-refractivity contribution in [2.45, 2.75) is 0 Å². The lowest BCUT2D eigenvalue weighted by molar-refractivity contribution is 1.18. The first kappa shape index (κ1) is 29.4. The van der Waals surface area contributed by atoms with Crippen LogP contribution in [0.3, 0.4) is 0 Å². The molecule has 0 aliphatic carbocycles. The number of fused-ring (bicyclic) bond motifs is 3. The molecule has 7 aromatic carbocycles. The summed E-state index contributed by atoms with van der Waals surface area (Å²) >= 11 is 0. The summed E-state index contributed by atoms with van der Waals surface area (Å²) in [6.07, 6.45) is 0. The van der Waals surface area contributed by atoms with E-state index >= 15 is 0 Å². The van der Waals surface area contributed by atoms with Gasteiger partial charge in [-0.05, 0) is 57.3 Å². The highest BCUT2D eigenvalue weighted by Gasteiger charge is 2.16. The maximum Gasteiger partial charge on any atom is 0.160 e. The Hall–Kier alpha value is -6.71. The fraction of sp³-hybridized carbons (Fsp3) is 0. The average molecular weight is 638 g/mol. The van der Waals surface area contributed by atoms with E-state index in [0.717, 1.165) is 61.4 Å². The first-order valence-electron chi connectivity index (χ1n) is 16.9. The van der Waals surface area contributed by atoms with Crippen LogP contribution in [0.1, 0.15) is 0 Å². The molecule has 0 radical (unpaired) electrons. The smallest absolute Gasteiger partial charge is 0.160 e. The second-order valence-corrected chi connectivity index (χ2v) is 12.4. The Bertz CT molecular complexity index is 2560. The van der Waals surface area contributed by atoms with Crippen LogP contribution >= 0.6 is 0 Å². The van der Waals surface area contributed by atoms with Gasteiger partial charge in [-0.1, -0.05) is 164 Å². The van der Waals surface area contributed by atoms with E-state index in [1.165, 1.54) is 21.9 Å². The van der Waals surface area contributed by atoms with Crippen LogP contribution in [0.5, 0.6) is 0 Å². The summed E-state index contributed by atoms with van der Waals surface area (Å²) in [6, 6.07) is 65.6. The highest BCUT2D eigenvalue weighted by molar-refractivity contribution is 6.17. The normalized spacial score (nSPS) is 11.2. The van der Waals surface area contributed by atoms with Gasteiger partial charge in [-0.3, -0.25) is 0 Å². The predicted octanol–water partition coefficient (Wildman–Crippen LogP) is 12.2. The zero-order chi connectivity index (χ0) is 33.3. The lowest BCUT2D eigenvalue weighted by Crippen LogP contribution is -1.96. The first-order valence-corrected chi connectivity index (χ1v) is 16.9. The Balaban J connectivity index is 1.22. The van der Waals surface area contributed by atoms with Gasteiger partial charge in [-0.2, -0.15) is 0 Å². The van der Waals surface area contributed by atoms with Crippen molar-refractivity contribution in [3.63, 3.8) is 0 Å². The number of benzene rings is 7. The first-order chi connectivity index (χ1) is 24.8. The van der Waals surface area contributed by atoms with E-state index in [9.17, 15) is 0 Å². The summed E-state index contributed by atoms with van der Waals surface area (Å²) in [5.74, 6) is 0.696. The van der Waals surface area contributed by atoms with E-state index in [4.69, 9.17) is 15.0 Å². The molecule has 3 heteroatoms. The van der Waals surface area contributed by atoms with Crippen molar-refractivity contribution in [3.8, 4) is 67.4 Å². The Morgan fingerprint density at radius 3 is 1.38 bits per heavy atom. The maximum atomic E-state index is 5.19. The molecular weight excluding hydrogens is 607 g/mol. The topological polar surface area (TPSA) is 38.7 Å². The van der Waals surface area contributed by atoms with Crippen molar-refractivity contribution >= 4 is 21.7 Å². The van der Waals surface area contributed by atoms with E-state index in [1.54, 1.807) is 0 Å². The molecule has 0 bridgehead atoms. The zero-order valence-electron chi connectivity index (χ0n) is 27.2. The van der Waals surface area contributed by atoms with Gasteiger partial charge in [0.2, 0.25) is 0 Å². The van der Waals surface area contributed by atoms with Gasteiger partial charge >= 0.3 is 0 Å². The van der Waals surface area contributed by atoms with Crippen LogP contribution in [0.2, 0.25) is 0 Å². The van der Waals surface area contributed by atoms with E-state index < -0.39 is 0 Å². The number of pyridine rings is 1. The van der Waals surface area contributed by atoms with Gasteiger partial charge in [0.15, 0.2) is 5.82 Å². The van der Waals surface area contributed by atoms with Gasteiger partial charge in [-0.15, -0.1) is 0 Å². The van der Waals surface area contributed by atoms with Crippen molar-refractivity contribution in [2.75, 3.05) is 0 Å². The Morgan fingerprint density at radius 1 is 0.280 bits per heavy atom. The molecule has 0 saturated heterocycles. The van der Waals surface area contributed by atoms with Gasteiger partial charge in [-0.25, -0.2) is 15.0 Å². The molecule has 2 heterocycles. The molecule has 0 fully saturated rings. The maximum absolute atomic E-state index is 5.19. The van der Waals surface area contributed by atoms with E-state index in [0.29, 0.717) is 5.82 Å². The molecule has 0 unspecified atom stereocenters. The van der Waals surface area contributed by atoms with Gasteiger partial charge in [0.05, 0.1) is 22.6 Å². The van der Waals surface area contributed by atoms with Crippen LogP contribution in [0.4, 0.5) is 0 Å². The molecule has 3 nitrogen and oxygen atoms in total. The molecule has 0 N–H and O–H groups in total. The van der Waals surface area contributed by atoms with Crippen molar-refractivity contribution in [3.05, 3.63) is 188 Å². The molecule has 0 aliphatic heterocycles. The molecule has 0 atom stereocenters. The van der Waals surface area contributed by atoms with E-state index in [-0.39, 0.29) is 0 Å². The molecule has 0 amide bonds. The second kappa shape index (κ2) is 12.7. The fourth-order valence-corrected chi connectivity index (χ4v) is 6.86. The molecule has 9 rings (SSSR count).